The predicted octanol–water partition coefficient (Wildman–Crippen LogP) is 0.948. The largest absolute Gasteiger partial charge is 0.378 e. The smallest absolute Gasteiger partial charge is 0.244 e. The minimum atomic E-state index is 0. The maximum atomic E-state index is 11.8. The molecule has 1 saturated heterocycles. The first kappa shape index (κ1) is 19.4. The summed E-state index contributed by atoms with van der Waals surface area (Å²) in [4.78, 5) is 17.6. The number of carbonyl (C=O) groups is 1. The average Bonchev–Trinajstić information content (AvgIpc) is 2.45. The van der Waals surface area contributed by atoms with E-state index in [-0.39, 0.29) is 36.4 Å². The number of nitrogens with one attached hydrogen (secondary N) is 1. The van der Waals surface area contributed by atoms with Crippen LogP contribution < -0.4 is 11.1 Å². The summed E-state index contributed by atoms with van der Waals surface area (Å²) < 4.78 is 5.19. The van der Waals surface area contributed by atoms with Crippen LogP contribution in [0.5, 0.6) is 0 Å². The molecule has 6 nitrogen and oxygen atoms in total. The molecule has 0 aromatic rings. The molecule has 0 saturated carbocycles. The van der Waals surface area contributed by atoms with Crippen molar-refractivity contribution in [2.24, 2.45) is 10.7 Å². The molecule has 118 valence electrons. The Hall–Kier alpha value is -0.570. The molecule has 1 aliphatic heterocycles. The normalized spacial score (nSPS) is 15.7. The van der Waals surface area contributed by atoms with Crippen LogP contribution in [0.3, 0.4) is 0 Å². The first-order chi connectivity index (χ1) is 9.24. The lowest BCUT2D eigenvalue weighted by Gasteiger charge is -2.26. The van der Waals surface area contributed by atoms with Crippen molar-refractivity contribution in [1.82, 2.24) is 10.2 Å². The second-order valence-electron chi connectivity index (χ2n) is 4.68. The number of guanidine groups is 1. The van der Waals surface area contributed by atoms with E-state index in [1.165, 1.54) is 19.3 Å². The van der Waals surface area contributed by atoms with Crippen LogP contribution >= 0.6 is 24.0 Å². The van der Waals surface area contributed by atoms with Crippen molar-refractivity contribution in [3.8, 4) is 0 Å². The van der Waals surface area contributed by atoms with E-state index in [4.69, 9.17) is 10.5 Å². The van der Waals surface area contributed by atoms with Gasteiger partial charge in [0.05, 0.1) is 13.2 Å². The van der Waals surface area contributed by atoms with Gasteiger partial charge in [0.25, 0.3) is 0 Å². The molecule has 0 aromatic carbocycles. The molecule has 0 spiro atoms. The summed E-state index contributed by atoms with van der Waals surface area (Å²) in [6, 6.07) is 0. The van der Waals surface area contributed by atoms with Crippen LogP contribution in [0.1, 0.15) is 32.6 Å². The first-order valence-corrected chi connectivity index (χ1v) is 7.13. The molecule has 0 unspecified atom stereocenters. The van der Waals surface area contributed by atoms with E-state index >= 15 is 0 Å². The highest BCUT2D eigenvalue weighted by molar-refractivity contribution is 14.0. The Morgan fingerprint density at radius 1 is 1.30 bits per heavy atom. The number of morpholine rings is 1. The molecule has 0 bridgehead atoms. The Morgan fingerprint density at radius 3 is 2.65 bits per heavy atom. The van der Waals surface area contributed by atoms with Crippen molar-refractivity contribution >= 4 is 35.8 Å². The van der Waals surface area contributed by atoms with E-state index < -0.39 is 0 Å². The third kappa shape index (κ3) is 8.57. The Balaban J connectivity index is 0.00000361. The van der Waals surface area contributed by atoms with Crippen LogP contribution in [0, 0.1) is 0 Å². The standard InChI is InChI=1S/C13H26N4O2.HI/c1-2-3-4-5-6-15-13(14)16-11-12(18)17-7-9-19-10-8-17;/h2-11H2,1H3,(H3,14,15,16);1H. The SMILES string of the molecule is CCCCCCNC(N)=NCC(=O)N1CCOCC1.I. The first-order valence-electron chi connectivity index (χ1n) is 7.13. The van der Waals surface area contributed by atoms with Gasteiger partial charge >= 0.3 is 0 Å². The number of nitrogens with zero attached hydrogens (tertiary/aromatic N) is 2. The van der Waals surface area contributed by atoms with E-state index in [1.807, 2.05) is 0 Å². The Morgan fingerprint density at radius 2 is 2.00 bits per heavy atom. The highest BCUT2D eigenvalue weighted by Gasteiger charge is 2.15. The number of nitrogens with two attached hydrogens (primary N) is 1. The summed E-state index contributed by atoms with van der Waals surface area (Å²) in [5.41, 5.74) is 5.71. The molecule has 0 atom stereocenters. The molecular formula is C13H27IN4O2. The van der Waals surface area contributed by atoms with Gasteiger partial charge in [0.2, 0.25) is 5.91 Å². The van der Waals surface area contributed by atoms with Gasteiger partial charge in [-0.15, -0.1) is 24.0 Å². The fourth-order valence-electron chi connectivity index (χ4n) is 1.89. The summed E-state index contributed by atoms with van der Waals surface area (Å²) >= 11 is 0. The van der Waals surface area contributed by atoms with Crippen LogP contribution in [0.2, 0.25) is 0 Å². The van der Waals surface area contributed by atoms with Crippen LogP contribution in [-0.4, -0.2) is 56.2 Å². The summed E-state index contributed by atoms with van der Waals surface area (Å²) in [5, 5.41) is 3.03. The van der Waals surface area contributed by atoms with Gasteiger partial charge in [0.15, 0.2) is 5.96 Å². The number of hydrogen-bond donors (Lipinski definition) is 2. The van der Waals surface area contributed by atoms with Gasteiger partial charge in [0, 0.05) is 19.6 Å². The number of hydrogen-bond acceptors (Lipinski definition) is 3. The Labute approximate surface area is 138 Å². The lowest BCUT2D eigenvalue weighted by molar-refractivity contribution is -0.133. The highest BCUT2D eigenvalue weighted by Crippen LogP contribution is 1.98. The van der Waals surface area contributed by atoms with Crippen molar-refractivity contribution in [3.05, 3.63) is 0 Å². The molecular weight excluding hydrogens is 371 g/mol. The van der Waals surface area contributed by atoms with Crippen LogP contribution in [0.25, 0.3) is 0 Å². The molecule has 1 heterocycles. The molecule has 3 N–H and O–H groups in total. The van der Waals surface area contributed by atoms with Crippen LogP contribution in [0.4, 0.5) is 0 Å². The maximum Gasteiger partial charge on any atom is 0.244 e. The summed E-state index contributed by atoms with van der Waals surface area (Å²) in [6.07, 6.45) is 4.75. The fourth-order valence-corrected chi connectivity index (χ4v) is 1.89. The molecule has 1 rings (SSSR count). The van der Waals surface area contributed by atoms with Gasteiger partial charge in [-0.2, -0.15) is 0 Å². The number of aliphatic imine (C=N–C) groups is 1. The highest BCUT2D eigenvalue weighted by atomic mass is 127. The van der Waals surface area contributed by atoms with Gasteiger partial charge in [-0.25, -0.2) is 4.99 Å². The third-order valence-electron chi connectivity index (χ3n) is 3.08. The second-order valence-corrected chi connectivity index (χ2v) is 4.68. The van der Waals surface area contributed by atoms with Gasteiger partial charge < -0.3 is 20.7 Å². The van der Waals surface area contributed by atoms with Gasteiger partial charge in [-0.05, 0) is 6.42 Å². The number of rotatable bonds is 7. The third-order valence-corrected chi connectivity index (χ3v) is 3.08. The molecule has 0 aromatic heterocycles. The zero-order chi connectivity index (χ0) is 13.9. The van der Waals surface area contributed by atoms with E-state index in [0.717, 1.165) is 13.0 Å². The lowest BCUT2D eigenvalue weighted by Crippen LogP contribution is -2.42. The quantitative estimate of drug-likeness (QED) is 0.290. The number of amides is 1. The van der Waals surface area contributed by atoms with E-state index in [2.05, 4.69) is 17.2 Å². The van der Waals surface area contributed by atoms with E-state index in [9.17, 15) is 4.79 Å². The molecule has 1 fully saturated rings. The fraction of sp³-hybridized carbons (Fsp3) is 0.846. The monoisotopic (exact) mass is 398 g/mol. The maximum absolute atomic E-state index is 11.8. The van der Waals surface area contributed by atoms with Crippen molar-refractivity contribution in [3.63, 3.8) is 0 Å². The summed E-state index contributed by atoms with van der Waals surface area (Å²) in [5.74, 6) is 0.372. The predicted molar refractivity (Wildman–Crippen MR) is 91.4 cm³/mol. The van der Waals surface area contributed by atoms with E-state index in [1.54, 1.807) is 4.90 Å². The number of unbranched alkanes of at least 4 members (excludes halogenated alkanes) is 3. The Bertz CT molecular complexity index is 294. The molecule has 0 aliphatic carbocycles. The molecule has 0 radical (unpaired) electrons. The minimum Gasteiger partial charge on any atom is -0.378 e. The molecule has 7 heteroatoms. The van der Waals surface area contributed by atoms with Crippen LogP contribution in [0.15, 0.2) is 4.99 Å². The van der Waals surface area contributed by atoms with Gasteiger partial charge in [-0.1, -0.05) is 26.2 Å². The molecule has 1 aliphatic rings. The Kier molecular flexibility index (Phi) is 11.8. The van der Waals surface area contributed by atoms with Crippen LogP contribution in [-0.2, 0) is 9.53 Å². The summed E-state index contributed by atoms with van der Waals surface area (Å²) in [6.45, 7) is 5.65. The average molecular weight is 398 g/mol. The van der Waals surface area contributed by atoms with Crippen molar-refractivity contribution in [2.75, 3.05) is 39.4 Å². The number of ether oxygens (including phenoxy) is 1. The second kappa shape index (κ2) is 12.2. The molecule has 1 amide bonds. The number of halogens is 1. The van der Waals surface area contributed by atoms with Crippen molar-refractivity contribution in [2.45, 2.75) is 32.6 Å². The lowest BCUT2D eigenvalue weighted by atomic mass is 10.2. The van der Waals surface area contributed by atoms with Crippen molar-refractivity contribution < 1.29 is 9.53 Å². The van der Waals surface area contributed by atoms with Gasteiger partial charge in [-0.3, -0.25) is 4.79 Å². The summed E-state index contributed by atoms with van der Waals surface area (Å²) in [7, 11) is 0. The van der Waals surface area contributed by atoms with Gasteiger partial charge in [0.1, 0.15) is 6.54 Å². The zero-order valence-corrected chi connectivity index (χ0v) is 14.6. The minimum absolute atomic E-state index is 0. The zero-order valence-electron chi connectivity index (χ0n) is 12.3. The van der Waals surface area contributed by atoms with E-state index in [0.29, 0.717) is 32.3 Å². The molecule has 20 heavy (non-hydrogen) atoms. The number of carbonyl (C=O) groups excluding carboxylic acids is 1. The topological polar surface area (TPSA) is 79.9 Å². The van der Waals surface area contributed by atoms with Crippen molar-refractivity contribution in [1.29, 1.82) is 0 Å².